The molecule has 11 heteroatoms. The molecule has 0 radical (unpaired) electrons. The first kappa shape index (κ1) is 16.7. The summed E-state index contributed by atoms with van der Waals surface area (Å²) in [4.78, 5) is 66.9. The Morgan fingerprint density at radius 2 is 1.96 bits per heavy atom. The van der Waals surface area contributed by atoms with Gasteiger partial charge in [0.05, 0.1) is 12.3 Å². The zero-order chi connectivity index (χ0) is 17.1. The Balaban J connectivity index is 1.91. The number of nitrogens with one attached hydrogen (secondary N) is 1. The van der Waals surface area contributed by atoms with Gasteiger partial charge in [0.1, 0.15) is 0 Å². The van der Waals surface area contributed by atoms with Crippen molar-refractivity contribution in [2.45, 2.75) is 31.9 Å². The Morgan fingerprint density at radius 1 is 1.26 bits per heavy atom. The van der Waals surface area contributed by atoms with Crippen LogP contribution in [0.1, 0.15) is 25.7 Å². The van der Waals surface area contributed by atoms with Gasteiger partial charge in [0, 0.05) is 26.3 Å². The first-order chi connectivity index (χ1) is 10.8. The van der Waals surface area contributed by atoms with E-state index >= 15 is 0 Å². The topological polar surface area (TPSA) is 143 Å². The first-order valence-corrected chi connectivity index (χ1v) is 6.81. The van der Waals surface area contributed by atoms with Gasteiger partial charge in [0.25, 0.3) is 17.7 Å². The highest BCUT2D eigenvalue weighted by Crippen LogP contribution is 2.24. The van der Waals surface area contributed by atoms with Gasteiger partial charge in [-0.05, 0) is 0 Å². The molecule has 2 heterocycles. The number of imide groups is 1. The quantitative estimate of drug-likeness (QED) is 0.588. The number of amides is 4. The van der Waals surface area contributed by atoms with Crippen LogP contribution in [-0.4, -0.2) is 58.3 Å². The Hall–Kier alpha value is -2.69. The molecule has 23 heavy (non-hydrogen) atoms. The molecule has 2 unspecified atom stereocenters. The van der Waals surface area contributed by atoms with Gasteiger partial charge < -0.3 is 20.1 Å². The standard InChI is InChI=1S/C12H15N3O8/c1-13-12(21)23-15-9(18)4-6(11(15)20)5-10(19)22-14-7(16)2-3-8(14)17/h6-7,16H,2-5H2,1H3,(H,13,21). The summed E-state index contributed by atoms with van der Waals surface area (Å²) in [7, 11) is 1.25. The van der Waals surface area contributed by atoms with Crippen LogP contribution in [0, 0.1) is 5.92 Å². The van der Waals surface area contributed by atoms with Gasteiger partial charge in [-0.1, -0.05) is 0 Å². The second-order valence-corrected chi connectivity index (χ2v) is 4.96. The predicted octanol–water partition coefficient (Wildman–Crippen LogP) is -1.58. The second kappa shape index (κ2) is 6.60. The molecule has 126 valence electrons. The monoisotopic (exact) mass is 329 g/mol. The zero-order valence-corrected chi connectivity index (χ0v) is 12.2. The van der Waals surface area contributed by atoms with E-state index < -0.39 is 48.4 Å². The number of aliphatic hydroxyl groups excluding tert-OH is 1. The fraction of sp³-hybridized carbons (Fsp3) is 0.583. The fourth-order valence-electron chi connectivity index (χ4n) is 2.16. The Bertz CT molecular complexity index is 563. The van der Waals surface area contributed by atoms with Crippen molar-refractivity contribution >= 4 is 29.8 Å². The lowest BCUT2D eigenvalue weighted by Crippen LogP contribution is -2.38. The van der Waals surface area contributed by atoms with Gasteiger partial charge >= 0.3 is 12.1 Å². The van der Waals surface area contributed by atoms with Crippen molar-refractivity contribution < 1.29 is 38.8 Å². The third-order valence-electron chi connectivity index (χ3n) is 3.32. The van der Waals surface area contributed by atoms with Crippen molar-refractivity contribution in [2.24, 2.45) is 5.92 Å². The van der Waals surface area contributed by atoms with Gasteiger partial charge in [-0.25, -0.2) is 9.59 Å². The Labute approximate surface area is 130 Å². The average Bonchev–Trinajstić information content (AvgIpc) is 2.94. The minimum atomic E-state index is -1.22. The van der Waals surface area contributed by atoms with E-state index in [0.29, 0.717) is 5.06 Å². The first-order valence-electron chi connectivity index (χ1n) is 6.81. The second-order valence-electron chi connectivity index (χ2n) is 4.96. The van der Waals surface area contributed by atoms with E-state index in [1.807, 2.05) is 0 Å². The van der Waals surface area contributed by atoms with Gasteiger partial charge in [0.2, 0.25) is 0 Å². The van der Waals surface area contributed by atoms with E-state index in [9.17, 15) is 29.1 Å². The van der Waals surface area contributed by atoms with Crippen LogP contribution in [0.2, 0.25) is 0 Å². The molecule has 0 spiro atoms. The van der Waals surface area contributed by atoms with E-state index in [-0.39, 0.29) is 24.3 Å². The van der Waals surface area contributed by atoms with E-state index in [2.05, 4.69) is 10.2 Å². The third kappa shape index (κ3) is 3.56. The molecule has 0 bridgehead atoms. The summed E-state index contributed by atoms with van der Waals surface area (Å²) in [5.41, 5.74) is 0. The minimum Gasteiger partial charge on any atom is -0.370 e. The number of carbonyl (C=O) groups excluding carboxylic acids is 5. The highest BCUT2D eigenvalue weighted by molar-refractivity contribution is 6.04. The van der Waals surface area contributed by atoms with Crippen molar-refractivity contribution in [3.63, 3.8) is 0 Å². The summed E-state index contributed by atoms with van der Waals surface area (Å²) < 4.78 is 0. The molecule has 0 aliphatic carbocycles. The summed E-state index contributed by atoms with van der Waals surface area (Å²) >= 11 is 0. The lowest BCUT2D eigenvalue weighted by molar-refractivity contribution is -0.221. The molecule has 2 aliphatic rings. The number of hydroxylamine groups is 4. The van der Waals surface area contributed by atoms with Crippen LogP contribution < -0.4 is 5.32 Å². The number of nitrogens with zero attached hydrogens (tertiary/aromatic N) is 2. The lowest BCUT2D eigenvalue weighted by Gasteiger charge is -2.19. The van der Waals surface area contributed by atoms with Gasteiger partial charge in [-0.2, -0.15) is 0 Å². The molecule has 0 aromatic heterocycles. The smallest absolute Gasteiger partial charge is 0.370 e. The molecule has 2 fully saturated rings. The van der Waals surface area contributed by atoms with Crippen molar-refractivity contribution in [1.29, 1.82) is 0 Å². The lowest BCUT2D eigenvalue weighted by atomic mass is 10.0. The largest absolute Gasteiger partial charge is 0.431 e. The van der Waals surface area contributed by atoms with Crippen LogP contribution in [0.15, 0.2) is 0 Å². The van der Waals surface area contributed by atoms with Crippen LogP contribution >= 0.6 is 0 Å². The fourth-order valence-corrected chi connectivity index (χ4v) is 2.16. The van der Waals surface area contributed by atoms with Crippen LogP contribution in [0.3, 0.4) is 0 Å². The van der Waals surface area contributed by atoms with Crippen molar-refractivity contribution in [1.82, 2.24) is 15.4 Å². The van der Waals surface area contributed by atoms with E-state index in [0.717, 1.165) is 0 Å². The normalized spacial score (nSPS) is 24.2. The van der Waals surface area contributed by atoms with Gasteiger partial charge in [-0.3, -0.25) is 14.4 Å². The zero-order valence-electron chi connectivity index (χ0n) is 12.2. The van der Waals surface area contributed by atoms with Gasteiger partial charge in [0.15, 0.2) is 6.23 Å². The maximum absolute atomic E-state index is 11.9. The molecule has 11 nitrogen and oxygen atoms in total. The Morgan fingerprint density at radius 3 is 2.52 bits per heavy atom. The molecule has 2 rings (SSSR count). The van der Waals surface area contributed by atoms with Crippen LogP contribution in [-0.2, 0) is 28.9 Å². The highest BCUT2D eigenvalue weighted by Gasteiger charge is 2.43. The molecule has 2 atom stereocenters. The van der Waals surface area contributed by atoms with E-state index in [1.54, 1.807) is 0 Å². The number of aliphatic hydroxyl groups is 1. The van der Waals surface area contributed by atoms with E-state index in [1.165, 1.54) is 7.05 Å². The molecule has 4 amide bonds. The molecule has 0 aromatic carbocycles. The SMILES string of the molecule is CNC(=O)ON1C(=O)CC(CC(=O)ON2C(=O)CCC2O)C1=O. The highest BCUT2D eigenvalue weighted by atomic mass is 16.7. The number of rotatable bonds is 4. The summed E-state index contributed by atoms with van der Waals surface area (Å²) in [6, 6.07) is 0. The number of hydrogen-bond acceptors (Lipinski definition) is 8. The predicted molar refractivity (Wildman–Crippen MR) is 68.3 cm³/mol. The molecule has 2 aliphatic heterocycles. The molecular formula is C12H15N3O8. The average molecular weight is 329 g/mol. The van der Waals surface area contributed by atoms with Crippen LogP contribution in [0.25, 0.3) is 0 Å². The van der Waals surface area contributed by atoms with Crippen LogP contribution in [0.4, 0.5) is 4.79 Å². The van der Waals surface area contributed by atoms with E-state index in [4.69, 9.17) is 4.84 Å². The molecule has 2 saturated heterocycles. The van der Waals surface area contributed by atoms with Crippen molar-refractivity contribution in [3.8, 4) is 0 Å². The molecule has 0 saturated carbocycles. The summed E-state index contributed by atoms with van der Waals surface area (Å²) in [5, 5.41) is 12.4. The summed E-state index contributed by atoms with van der Waals surface area (Å²) in [5.74, 6) is -4.19. The van der Waals surface area contributed by atoms with Crippen LogP contribution in [0.5, 0.6) is 0 Å². The Kier molecular flexibility index (Phi) is 4.79. The molecule has 2 N–H and O–H groups in total. The molecule has 0 aromatic rings. The molecular weight excluding hydrogens is 314 g/mol. The minimum absolute atomic E-state index is 0.0447. The summed E-state index contributed by atoms with van der Waals surface area (Å²) in [6.07, 6.45) is -2.86. The maximum atomic E-state index is 11.9. The van der Waals surface area contributed by atoms with Crippen molar-refractivity contribution in [3.05, 3.63) is 0 Å². The maximum Gasteiger partial charge on any atom is 0.431 e. The number of hydrogen-bond donors (Lipinski definition) is 2. The summed E-state index contributed by atoms with van der Waals surface area (Å²) in [6.45, 7) is 0. The van der Waals surface area contributed by atoms with Crippen molar-refractivity contribution in [2.75, 3.05) is 7.05 Å². The number of carbonyl (C=O) groups is 5. The third-order valence-corrected chi connectivity index (χ3v) is 3.32. The van der Waals surface area contributed by atoms with Gasteiger partial charge in [-0.15, -0.1) is 10.1 Å².